The van der Waals surface area contributed by atoms with Crippen molar-refractivity contribution in [3.05, 3.63) is 84.9 Å². The lowest BCUT2D eigenvalue weighted by Crippen LogP contribution is -2.60. The lowest BCUT2D eigenvalue weighted by atomic mass is 10.1. The molecule has 0 unspecified atom stereocenters. The quantitative estimate of drug-likeness (QED) is 0.135. The van der Waals surface area contributed by atoms with Gasteiger partial charge < -0.3 is 36.0 Å². The van der Waals surface area contributed by atoms with Gasteiger partial charge in [0.25, 0.3) is 11.9 Å². The molecule has 0 fully saturated rings. The van der Waals surface area contributed by atoms with Crippen molar-refractivity contribution < 1.29 is 50.4 Å². The number of fused-ring (bicyclic) bond motifs is 2. The predicted molar refractivity (Wildman–Crippen MR) is 191 cm³/mol. The summed E-state index contributed by atoms with van der Waals surface area (Å²) >= 11 is 0. The van der Waals surface area contributed by atoms with Crippen LogP contribution in [0.3, 0.4) is 0 Å². The fourth-order valence-corrected chi connectivity index (χ4v) is 7.80. The van der Waals surface area contributed by atoms with Gasteiger partial charge >= 0.3 is 24.3 Å². The highest BCUT2D eigenvalue weighted by Gasteiger charge is 2.56. The fraction of sp³-hybridized carbons (Fsp3) is 0.361. The maximum atomic E-state index is 12.2. The molecule has 0 aliphatic rings. The second-order valence-corrected chi connectivity index (χ2v) is 13.5. The molecule has 0 aliphatic heterocycles. The summed E-state index contributed by atoms with van der Waals surface area (Å²) in [5.41, 5.74) is 0. The molecule has 265 valence electrons. The molecule has 11 nitrogen and oxygen atoms in total. The third-order valence-corrected chi connectivity index (χ3v) is 10.5. The minimum atomic E-state index is -4.20. The molecule has 4 rings (SSSR count). The molecule has 49 heavy (non-hydrogen) atoms. The molecular weight excluding hydrogens is 665 g/mol. The van der Waals surface area contributed by atoms with Gasteiger partial charge in [0.15, 0.2) is 0 Å². The summed E-state index contributed by atoms with van der Waals surface area (Å²) in [5, 5.41) is 4.25. The van der Waals surface area contributed by atoms with Crippen molar-refractivity contribution in [2.45, 2.75) is 48.5 Å². The molecule has 0 atom stereocenters. The third kappa shape index (κ3) is 13.7. The Bertz CT molecular complexity index is 1560. The molecule has 4 aromatic carbocycles. The highest BCUT2D eigenvalue weighted by Crippen LogP contribution is 2.25. The molecule has 0 spiro atoms. The molecular formula is C36H47O11Si2. The van der Waals surface area contributed by atoms with E-state index in [2.05, 4.69) is 18.2 Å². The zero-order chi connectivity index (χ0) is 36.1. The summed E-state index contributed by atoms with van der Waals surface area (Å²) < 4.78 is 42.2. The Morgan fingerprint density at radius 1 is 0.571 bits per heavy atom. The molecule has 1 radical (unpaired) electrons. The summed E-state index contributed by atoms with van der Waals surface area (Å²) in [4.78, 5) is 35.7. The number of ether oxygens (including phenoxy) is 2. The van der Waals surface area contributed by atoms with Gasteiger partial charge in [0.2, 0.25) is 0 Å². The molecule has 0 aliphatic carbocycles. The Balaban J connectivity index is 0.000000299. The van der Waals surface area contributed by atoms with E-state index in [-0.39, 0.29) is 6.61 Å². The summed E-state index contributed by atoms with van der Waals surface area (Å²) in [6.07, 6.45) is 0. The number of hydrogen-bond acceptors (Lipinski definition) is 11. The molecule has 0 bridgehead atoms. The third-order valence-electron chi connectivity index (χ3n) is 6.18. The highest BCUT2D eigenvalue weighted by molar-refractivity contribution is 6.81. The smallest absolute Gasteiger partial charge is 0.493 e. The zero-order valence-electron chi connectivity index (χ0n) is 29.3. The first kappa shape index (κ1) is 41.1. The normalized spacial score (nSPS) is 10.8. The second-order valence-electron chi connectivity index (χ2n) is 9.84. The van der Waals surface area contributed by atoms with Gasteiger partial charge in [-0.2, -0.15) is 0 Å². The zero-order valence-corrected chi connectivity index (χ0v) is 31.3. The van der Waals surface area contributed by atoms with Gasteiger partial charge in [-0.15, -0.1) is 0 Å². The van der Waals surface area contributed by atoms with E-state index in [9.17, 15) is 14.4 Å². The lowest BCUT2D eigenvalue weighted by molar-refractivity contribution is -0.150. The van der Waals surface area contributed by atoms with Crippen LogP contribution in [0.4, 0.5) is 0 Å². The van der Waals surface area contributed by atoms with E-state index in [0.29, 0.717) is 43.6 Å². The van der Waals surface area contributed by atoms with Crippen LogP contribution in [0.5, 0.6) is 5.75 Å². The molecule has 0 N–H and O–H groups in total. The van der Waals surface area contributed by atoms with E-state index >= 15 is 0 Å². The van der Waals surface area contributed by atoms with Crippen molar-refractivity contribution in [3.8, 4) is 5.75 Å². The van der Waals surface area contributed by atoms with Gasteiger partial charge in [-0.3, -0.25) is 14.4 Å². The summed E-state index contributed by atoms with van der Waals surface area (Å²) in [7, 11) is -5.60. The van der Waals surface area contributed by atoms with Crippen LogP contribution in [-0.4, -0.2) is 75.9 Å². The van der Waals surface area contributed by atoms with Crippen molar-refractivity contribution in [2.24, 2.45) is 0 Å². The fourth-order valence-electron chi connectivity index (χ4n) is 4.42. The Hall–Kier alpha value is -4.12. The number of hydrogen-bond donors (Lipinski definition) is 0. The van der Waals surface area contributed by atoms with E-state index in [4.69, 9.17) is 36.0 Å². The largest absolute Gasteiger partial charge is 0.743 e. The molecule has 0 amide bonds. The second kappa shape index (κ2) is 22.5. The Morgan fingerprint density at radius 3 is 1.57 bits per heavy atom. The molecule has 0 heterocycles. The maximum Gasteiger partial charge on any atom is 0.743 e. The number of carbonyl (C=O) groups is 3. The van der Waals surface area contributed by atoms with E-state index in [1.807, 2.05) is 70.2 Å². The Morgan fingerprint density at radius 2 is 1.06 bits per heavy atom. The highest BCUT2D eigenvalue weighted by atomic mass is 28.4. The topological polar surface area (TPSA) is 125 Å². The average Bonchev–Trinajstić information content (AvgIpc) is 3.08. The SMILES string of the molecule is CCOCC(=O)O[Si](OC(C)=O)(OC(C)=O)c1cccc2ccccc12.CCO[Si](OCC)OCC.CCOc1cccc2ccccc12. The van der Waals surface area contributed by atoms with Crippen molar-refractivity contribution in [3.63, 3.8) is 0 Å². The van der Waals surface area contributed by atoms with Gasteiger partial charge in [-0.25, -0.2) is 0 Å². The van der Waals surface area contributed by atoms with Crippen LogP contribution in [0.15, 0.2) is 84.9 Å². The predicted octanol–water partition coefficient (Wildman–Crippen LogP) is 6.01. The first-order valence-corrected chi connectivity index (χ1v) is 19.1. The first-order chi connectivity index (χ1) is 23.6. The molecule has 4 aromatic rings. The van der Waals surface area contributed by atoms with E-state index in [1.54, 1.807) is 31.2 Å². The van der Waals surface area contributed by atoms with Crippen LogP contribution >= 0.6 is 0 Å². The minimum absolute atomic E-state index is 0.305. The van der Waals surface area contributed by atoms with E-state index in [1.165, 1.54) is 10.8 Å². The Labute approximate surface area is 291 Å². The molecule has 0 aromatic heterocycles. The van der Waals surface area contributed by atoms with Crippen LogP contribution in [0.25, 0.3) is 21.5 Å². The number of carbonyl (C=O) groups excluding carboxylic acids is 3. The number of rotatable bonds is 15. The van der Waals surface area contributed by atoms with Crippen molar-refractivity contribution >= 4 is 63.0 Å². The Kier molecular flexibility index (Phi) is 18.9. The van der Waals surface area contributed by atoms with E-state index in [0.717, 1.165) is 25.0 Å². The maximum absolute atomic E-state index is 12.2. The monoisotopic (exact) mass is 711 g/mol. The van der Waals surface area contributed by atoms with Crippen LogP contribution < -0.4 is 9.92 Å². The molecule has 0 saturated heterocycles. The van der Waals surface area contributed by atoms with Crippen LogP contribution in [0.2, 0.25) is 0 Å². The average molecular weight is 712 g/mol. The molecule has 0 saturated carbocycles. The standard InChI is InChI=1S/C18H20O7Si.C12H12O.C6H15O3Si/c1-4-22-12-18(21)25-26(23-13(2)19,24-14(3)20)17-11-7-9-15-8-5-6-10-16(15)17;1-2-13-12-9-5-7-10-6-3-4-8-11(10)12;1-4-7-10(8-5-2)9-6-3/h5-11H,4,12H2,1-3H3;3-9H,2H2,1H3;4-6H2,1-3H3. The molecule has 13 heteroatoms. The first-order valence-electron chi connectivity index (χ1n) is 16.2. The van der Waals surface area contributed by atoms with Gasteiger partial charge in [0.1, 0.15) is 12.4 Å². The summed E-state index contributed by atoms with van der Waals surface area (Å²) in [6, 6.07) is 26.8. The van der Waals surface area contributed by atoms with Crippen molar-refractivity contribution in [2.75, 3.05) is 39.6 Å². The number of benzene rings is 4. The van der Waals surface area contributed by atoms with Crippen LogP contribution in [0, 0.1) is 0 Å². The van der Waals surface area contributed by atoms with Gasteiger partial charge in [0.05, 0.1) is 11.8 Å². The van der Waals surface area contributed by atoms with E-state index < -0.39 is 36.2 Å². The van der Waals surface area contributed by atoms with Crippen LogP contribution in [0.1, 0.15) is 48.5 Å². The summed E-state index contributed by atoms with van der Waals surface area (Å²) in [5.74, 6) is -1.26. The van der Waals surface area contributed by atoms with Gasteiger partial charge in [-0.05, 0) is 56.8 Å². The van der Waals surface area contributed by atoms with Gasteiger partial charge in [-0.1, -0.05) is 78.9 Å². The van der Waals surface area contributed by atoms with Gasteiger partial charge in [0, 0.05) is 45.7 Å². The van der Waals surface area contributed by atoms with Crippen molar-refractivity contribution in [1.29, 1.82) is 0 Å². The minimum Gasteiger partial charge on any atom is -0.493 e. The lowest BCUT2D eigenvalue weighted by Gasteiger charge is -2.27. The summed E-state index contributed by atoms with van der Waals surface area (Å²) in [6.45, 7) is 14.5. The van der Waals surface area contributed by atoms with Crippen molar-refractivity contribution in [1.82, 2.24) is 0 Å². The van der Waals surface area contributed by atoms with Crippen LogP contribution in [-0.2, 0) is 45.7 Å².